The van der Waals surface area contributed by atoms with Crippen LogP contribution in [0.3, 0.4) is 0 Å². The number of aliphatic hydroxyl groups excluding tert-OH is 1. The number of aliphatic hydroxyl groups is 1. The number of unbranched alkanes of at least 4 members (excludes halogenated alkanes) is 47. The molecule has 2 N–H and O–H groups in total. The van der Waals surface area contributed by atoms with Gasteiger partial charge in [0.15, 0.2) is 0 Å². The highest BCUT2D eigenvalue weighted by Crippen LogP contribution is 2.38. The Labute approximate surface area is 468 Å². The molecule has 446 valence electrons. The fraction of sp³-hybridized carbons (Fsp3) is 0.924. The molecule has 0 saturated heterocycles. The minimum atomic E-state index is -4.60. The van der Waals surface area contributed by atoms with Gasteiger partial charge in [-0.05, 0) is 44.9 Å². The maximum Gasteiger partial charge on any atom is 0.268 e. The average molecular weight is 1080 g/mol. The summed E-state index contributed by atoms with van der Waals surface area (Å²) < 4.78 is 23.4. The Kier molecular flexibility index (Phi) is 56.9. The Hall–Kier alpha value is -1.02. The van der Waals surface area contributed by atoms with Gasteiger partial charge in [-0.3, -0.25) is 9.36 Å². The van der Waals surface area contributed by atoms with E-state index in [-0.39, 0.29) is 19.1 Å². The molecule has 0 rings (SSSR count). The predicted molar refractivity (Wildman–Crippen MR) is 325 cm³/mol. The number of hydrogen-bond acceptors (Lipinski definition) is 6. The van der Waals surface area contributed by atoms with E-state index in [1.165, 1.54) is 283 Å². The van der Waals surface area contributed by atoms with Crippen LogP contribution in [0.25, 0.3) is 0 Å². The largest absolute Gasteiger partial charge is 0.756 e. The minimum Gasteiger partial charge on any atom is -0.756 e. The zero-order chi connectivity index (χ0) is 54.9. The van der Waals surface area contributed by atoms with E-state index in [0.717, 1.165) is 38.5 Å². The van der Waals surface area contributed by atoms with E-state index >= 15 is 0 Å². The molecular weight excluding hydrogens is 948 g/mol. The second-order valence-corrected chi connectivity index (χ2v) is 25.6. The normalized spacial score (nSPS) is 13.9. The lowest BCUT2D eigenvalue weighted by atomic mass is 10.0. The van der Waals surface area contributed by atoms with Crippen LogP contribution < -0.4 is 10.2 Å². The smallest absolute Gasteiger partial charge is 0.268 e. The van der Waals surface area contributed by atoms with Crippen molar-refractivity contribution in [3.05, 3.63) is 24.3 Å². The first-order valence-electron chi connectivity index (χ1n) is 33.2. The summed E-state index contributed by atoms with van der Waals surface area (Å²) in [7, 11) is 1.28. The van der Waals surface area contributed by atoms with Crippen LogP contribution in [0, 0.1) is 0 Å². The zero-order valence-electron chi connectivity index (χ0n) is 51.0. The highest BCUT2D eigenvalue weighted by Gasteiger charge is 2.23. The molecule has 0 radical (unpaired) electrons. The van der Waals surface area contributed by atoms with E-state index < -0.39 is 20.0 Å². The van der Waals surface area contributed by atoms with E-state index in [1.54, 1.807) is 6.08 Å². The molecule has 0 aliphatic carbocycles. The Morgan fingerprint density at radius 2 is 0.733 bits per heavy atom. The van der Waals surface area contributed by atoms with Crippen molar-refractivity contribution < 1.29 is 32.9 Å². The van der Waals surface area contributed by atoms with E-state index in [2.05, 4.69) is 31.3 Å². The van der Waals surface area contributed by atoms with Crippen molar-refractivity contribution in [1.82, 2.24) is 5.32 Å². The second kappa shape index (κ2) is 57.7. The number of phosphoric ester groups is 1. The van der Waals surface area contributed by atoms with Gasteiger partial charge in [0.2, 0.25) is 5.91 Å². The summed E-state index contributed by atoms with van der Waals surface area (Å²) >= 11 is 0. The molecule has 0 aromatic heterocycles. The lowest BCUT2D eigenvalue weighted by Crippen LogP contribution is -2.45. The number of nitrogens with one attached hydrogen (secondary N) is 1. The summed E-state index contributed by atoms with van der Waals surface area (Å²) in [5.74, 6) is -0.190. The van der Waals surface area contributed by atoms with Gasteiger partial charge in [-0.2, -0.15) is 0 Å². The van der Waals surface area contributed by atoms with Gasteiger partial charge in [0, 0.05) is 6.42 Å². The minimum absolute atomic E-state index is 0.00196. The maximum absolute atomic E-state index is 13.0. The van der Waals surface area contributed by atoms with Gasteiger partial charge in [0.05, 0.1) is 39.9 Å². The predicted octanol–water partition coefficient (Wildman–Crippen LogP) is 20.1. The van der Waals surface area contributed by atoms with Gasteiger partial charge in [0.25, 0.3) is 7.82 Å². The SMILES string of the molecule is CCCCCCCCCC/C=C\CCCCCCCCCCCCCCCCCCCCCCCCCC(=O)NC(COP(=O)([O-])OCC[N+](C)(C)C)C(O)/C=C/CCCCCCCCCCCCCCCCCC. The van der Waals surface area contributed by atoms with Crippen LogP contribution >= 0.6 is 7.82 Å². The molecule has 9 heteroatoms. The summed E-state index contributed by atoms with van der Waals surface area (Å²) in [6, 6.07) is -0.884. The molecule has 0 spiro atoms. The third-order valence-corrected chi connectivity index (χ3v) is 16.4. The van der Waals surface area contributed by atoms with Crippen LogP contribution in [0.1, 0.15) is 341 Å². The number of carbonyl (C=O) groups is 1. The number of rotatable bonds is 62. The quantitative estimate of drug-likeness (QED) is 0.0272. The number of nitrogens with zero attached hydrogens (tertiary/aromatic N) is 1. The van der Waals surface area contributed by atoms with E-state index in [0.29, 0.717) is 17.4 Å². The van der Waals surface area contributed by atoms with Crippen LogP contribution in [0.15, 0.2) is 24.3 Å². The van der Waals surface area contributed by atoms with Crippen molar-refractivity contribution in [2.24, 2.45) is 0 Å². The number of likely N-dealkylation sites (N-methyl/N-ethyl adjacent to an activating group) is 1. The lowest BCUT2D eigenvalue weighted by Gasteiger charge is -2.29. The van der Waals surface area contributed by atoms with Gasteiger partial charge in [-0.25, -0.2) is 0 Å². The monoisotopic (exact) mass is 1080 g/mol. The molecule has 0 bridgehead atoms. The van der Waals surface area contributed by atoms with Crippen molar-refractivity contribution >= 4 is 13.7 Å². The van der Waals surface area contributed by atoms with E-state index in [4.69, 9.17) is 9.05 Å². The van der Waals surface area contributed by atoms with Crippen LogP contribution in [-0.2, 0) is 18.4 Å². The number of hydrogen-bond donors (Lipinski definition) is 2. The van der Waals surface area contributed by atoms with Crippen LogP contribution in [0.4, 0.5) is 0 Å². The number of amides is 1. The molecule has 1 amide bonds. The van der Waals surface area contributed by atoms with E-state index in [9.17, 15) is 19.4 Å². The van der Waals surface area contributed by atoms with Gasteiger partial charge in [0.1, 0.15) is 13.2 Å². The number of quaternary nitrogens is 1. The third kappa shape index (κ3) is 60.5. The fourth-order valence-corrected chi connectivity index (χ4v) is 10.9. The summed E-state index contributed by atoms with van der Waals surface area (Å²) in [4.78, 5) is 25.6. The van der Waals surface area contributed by atoms with Gasteiger partial charge < -0.3 is 28.8 Å². The summed E-state index contributed by atoms with van der Waals surface area (Å²) in [6.45, 7) is 4.70. The van der Waals surface area contributed by atoms with Crippen molar-refractivity contribution in [1.29, 1.82) is 0 Å². The molecule has 0 saturated carbocycles. The Balaban J connectivity index is 3.97. The first kappa shape index (κ1) is 74.0. The Bertz CT molecular complexity index is 1270. The first-order chi connectivity index (χ1) is 36.5. The molecule has 3 atom stereocenters. The van der Waals surface area contributed by atoms with Crippen LogP contribution in [0.2, 0.25) is 0 Å². The molecule has 0 aliphatic rings. The molecule has 0 aliphatic heterocycles. The lowest BCUT2D eigenvalue weighted by molar-refractivity contribution is -0.870. The van der Waals surface area contributed by atoms with Gasteiger partial charge in [-0.1, -0.05) is 314 Å². The topological polar surface area (TPSA) is 108 Å². The third-order valence-electron chi connectivity index (χ3n) is 15.4. The van der Waals surface area contributed by atoms with Crippen LogP contribution in [-0.4, -0.2) is 68.5 Å². The van der Waals surface area contributed by atoms with E-state index in [1.807, 2.05) is 27.2 Å². The molecule has 0 aromatic carbocycles. The molecule has 0 fully saturated rings. The molecular formula is C66H131N2O6P. The number of carbonyl (C=O) groups excluding carboxylic acids is 1. The standard InChI is InChI=1S/C66H131N2O6P/c1-6-8-10-12-14-16-18-20-22-24-26-27-28-29-30-31-32-33-34-35-36-37-38-39-40-41-42-44-46-48-50-52-54-56-58-60-66(70)67-64(63-74-75(71,72)73-62-61-68(3,4)5)65(69)59-57-55-53-51-49-47-45-43-25-23-21-19-17-15-13-11-9-7-2/h24,26,57,59,64-65,69H,6-23,25,27-56,58,60-63H2,1-5H3,(H-,67,70,71,72)/b26-24-,59-57+. The molecule has 3 unspecified atom stereocenters. The first-order valence-corrected chi connectivity index (χ1v) is 34.7. The maximum atomic E-state index is 13.0. The van der Waals surface area contributed by atoms with Gasteiger partial charge >= 0.3 is 0 Å². The molecule has 75 heavy (non-hydrogen) atoms. The van der Waals surface area contributed by atoms with Crippen molar-refractivity contribution in [3.8, 4) is 0 Å². The van der Waals surface area contributed by atoms with Crippen molar-refractivity contribution in [3.63, 3.8) is 0 Å². The average Bonchev–Trinajstić information content (AvgIpc) is 3.37. The fourth-order valence-electron chi connectivity index (χ4n) is 10.2. The zero-order valence-corrected chi connectivity index (χ0v) is 51.9. The molecule has 0 heterocycles. The molecule has 0 aromatic rings. The number of phosphoric acid groups is 1. The van der Waals surface area contributed by atoms with Gasteiger partial charge in [-0.15, -0.1) is 0 Å². The van der Waals surface area contributed by atoms with Crippen molar-refractivity contribution in [2.75, 3.05) is 40.9 Å². The summed E-state index contributed by atoms with van der Waals surface area (Å²) in [6.07, 6.45) is 74.3. The second-order valence-electron chi connectivity index (χ2n) is 24.2. The molecule has 8 nitrogen and oxygen atoms in total. The Morgan fingerprint density at radius 3 is 1.04 bits per heavy atom. The van der Waals surface area contributed by atoms with Crippen molar-refractivity contribution in [2.45, 2.75) is 353 Å². The summed E-state index contributed by atoms with van der Waals surface area (Å²) in [5.41, 5.74) is 0. The Morgan fingerprint density at radius 1 is 0.453 bits per heavy atom. The van der Waals surface area contributed by atoms with Crippen LogP contribution in [0.5, 0.6) is 0 Å². The highest BCUT2D eigenvalue weighted by molar-refractivity contribution is 7.45. The highest BCUT2D eigenvalue weighted by atomic mass is 31.2. The number of allylic oxidation sites excluding steroid dienone is 3. The summed E-state index contributed by atoms with van der Waals surface area (Å²) in [5, 5.41) is 13.9.